The van der Waals surface area contributed by atoms with Gasteiger partial charge in [-0.15, -0.1) is 0 Å². The summed E-state index contributed by atoms with van der Waals surface area (Å²) in [6.45, 7) is 0. The average Bonchev–Trinajstić information content (AvgIpc) is 2.67. The molecule has 0 atom stereocenters. The van der Waals surface area contributed by atoms with Crippen LogP contribution in [0.5, 0.6) is 0 Å². The summed E-state index contributed by atoms with van der Waals surface area (Å²) >= 11 is 0. The third kappa shape index (κ3) is 3.34. The molecule has 3 heteroatoms. The Balaban J connectivity index is 1.67. The van der Waals surface area contributed by atoms with Gasteiger partial charge in [0.1, 0.15) is 11.6 Å². The van der Waals surface area contributed by atoms with Crippen molar-refractivity contribution >= 4 is 16.8 Å². The fraction of sp³-hybridized carbons (Fsp3) is 0.556. The van der Waals surface area contributed by atoms with Crippen molar-refractivity contribution in [3.05, 3.63) is 30.1 Å². The van der Waals surface area contributed by atoms with Crippen LogP contribution in [0.1, 0.15) is 50.8 Å². The Labute approximate surface area is 126 Å². The Morgan fingerprint density at radius 3 is 2.62 bits per heavy atom. The Hall–Kier alpha value is -1.64. The summed E-state index contributed by atoms with van der Waals surface area (Å²) in [6, 6.07) is 8.07. The van der Waals surface area contributed by atoms with Gasteiger partial charge in [0.25, 0.3) is 0 Å². The van der Waals surface area contributed by atoms with Gasteiger partial charge < -0.3 is 4.57 Å². The first-order valence-corrected chi connectivity index (χ1v) is 8.16. The van der Waals surface area contributed by atoms with E-state index in [2.05, 4.69) is 15.6 Å². The highest BCUT2D eigenvalue weighted by molar-refractivity contribution is 5.82. The minimum absolute atomic E-state index is 0.348. The van der Waals surface area contributed by atoms with Crippen molar-refractivity contribution in [2.24, 2.45) is 13.0 Å². The Morgan fingerprint density at radius 2 is 1.90 bits per heavy atom. The van der Waals surface area contributed by atoms with Gasteiger partial charge in [-0.1, -0.05) is 50.7 Å². The van der Waals surface area contributed by atoms with Gasteiger partial charge >= 0.3 is 0 Å². The molecule has 1 saturated carbocycles. The summed E-state index contributed by atoms with van der Waals surface area (Å²) in [7, 11) is 2.00. The van der Waals surface area contributed by atoms with Crippen LogP contribution in [0.3, 0.4) is 0 Å². The highest BCUT2D eigenvalue weighted by Crippen LogP contribution is 2.26. The van der Waals surface area contributed by atoms with Crippen LogP contribution < -0.4 is 0 Å². The minimum atomic E-state index is 0.348. The molecule has 1 fully saturated rings. The topological polar surface area (TPSA) is 34.9 Å². The first-order valence-electron chi connectivity index (χ1n) is 8.16. The summed E-state index contributed by atoms with van der Waals surface area (Å²) in [5.41, 5.74) is 2.09. The zero-order chi connectivity index (χ0) is 14.7. The molecule has 0 radical (unpaired) electrons. The Kier molecular flexibility index (Phi) is 4.37. The van der Waals surface area contributed by atoms with Gasteiger partial charge in [-0.25, -0.2) is 4.98 Å². The molecule has 0 amide bonds. The lowest BCUT2D eigenvalue weighted by Gasteiger charge is -2.12. The number of nitrogens with zero attached hydrogens (tertiary/aromatic N) is 2. The van der Waals surface area contributed by atoms with Crippen LogP contribution in [-0.4, -0.2) is 15.3 Å². The van der Waals surface area contributed by atoms with Gasteiger partial charge in [0.15, 0.2) is 0 Å². The van der Waals surface area contributed by atoms with Crippen LogP contribution in [-0.2, 0) is 18.3 Å². The predicted octanol–water partition coefficient (Wildman–Crippen LogP) is 4.05. The monoisotopic (exact) mass is 284 g/mol. The molecule has 1 aromatic heterocycles. The molecule has 0 aliphatic heterocycles. The molecule has 112 valence electrons. The number of ketones is 1. The fourth-order valence-electron chi connectivity index (χ4n) is 3.49. The zero-order valence-corrected chi connectivity index (χ0v) is 12.8. The number of hydrogen-bond donors (Lipinski definition) is 0. The van der Waals surface area contributed by atoms with E-state index in [1.165, 1.54) is 38.5 Å². The van der Waals surface area contributed by atoms with Gasteiger partial charge in [0, 0.05) is 13.5 Å². The largest absolute Gasteiger partial charge is 0.331 e. The molecule has 0 unspecified atom stereocenters. The van der Waals surface area contributed by atoms with Gasteiger partial charge in [-0.3, -0.25) is 4.79 Å². The molecule has 0 bridgehead atoms. The average molecular weight is 284 g/mol. The van der Waals surface area contributed by atoms with Crippen molar-refractivity contribution in [2.75, 3.05) is 0 Å². The summed E-state index contributed by atoms with van der Waals surface area (Å²) in [6.07, 6.45) is 8.95. The van der Waals surface area contributed by atoms with Crippen LogP contribution in [0.4, 0.5) is 0 Å². The van der Waals surface area contributed by atoms with Crippen molar-refractivity contribution in [1.82, 2.24) is 9.55 Å². The number of fused-ring (bicyclic) bond motifs is 1. The quantitative estimate of drug-likeness (QED) is 0.794. The van der Waals surface area contributed by atoms with E-state index in [-0.39, 0.29) is 0 Å². The number of para-hydroxylation sites is 2. The smallest absolute Gasteiger partial charge is 0.140 e. The lowest BCUT2D eigenvalue weighted by molar-refractivity contribution is -0.119. The number of aromatic nitrogens is 2. The molecule has 1 aromatic carbocycles. The number of Topliss-reactive ketones (excluding diaryl/α,β-unsaturated/α-hetero) is 1. The van der Waals surface area contributed by atoms with E-state index >= 15 is 0 Å². The number of imidazole rings is 1. The third-order valence-electron chi connectivity index (χ3n) is 4.73. The first-order chi connectivity index (χ1) is 10.2. The maximum atomic E-state index is 12.4. The minimum Gasteiger partial charge on any atom is -0.331 e. The summed E-state index contributed by atoms with van der Waals surface area (Å²) < 4.78 is 2.06. The molecule has 2 aromatic rings. The highest BCUT2D eigenvalue weighted by Gasteiger charge is 2.18. The number of hydrogen-bond acceptors (Lipinski definition) is 2. The van der Waals surface area contributed by atoms with Crippen molar-refractivity contribution in [3.8, 4) is 0 Å². The Bertz CT molecular complexity index is 621. The molecule has 1 heterocycles. The highest BCUT2D eigenvalue weighted by atomic mass is 16.1. The Morgan fingerprint density at radius 1 is 1.19 bits per heavy atom. The van der Waals surface area contributed by atoms with E-state index in [1.807, 2.05) is 25.2 Å². The van der Waals surface area contributed by atoms with E-state index in [1.54, 1.807) is 0 Å². The van der Waals surface area contributed by atoms with Crippen LogP contribution in [0.15, 0.2) is 24.3 Å². The van der Waals surface area contributed by atoms with Gasteiger partial charge in [0.2, 0.25) is 0 Å². The molecule has 3 rings (SSSR count). The van der Waals surface area contributed by atoms with Gasteiger partial charge in [-0.2, -0.15) is 0 Å². The maximum Gasteiger partial charge on any atom is 0.140 e. The molecule has 0 spiro atoms. The first kappa shape index (κ1) is 14.3. The second-order valence-electron chi connectivity index (χ2n) is 6.35. The molecular formula is C18H24N2O. The van der Waals surface area contributed by atoms with Crippen LogP contribution in [0, 0.1) is 5.92 Å². The predicted molar refractivity (Wildman–Crippen MR) is 85.2 cm³/mol. The van der Waals surface area contributed by atoms with Crippen LogP contribution in [0.2, 0.25) is 0 Å². The maximum absolute atomic E-state index is 12.4. The van der Waals surface area contributed by atoms with E-state index in [9.17, 15) is 4.79 Å². The normalized spacial score (nSPS) is 17.0. The molecule has 3 nitrogen and oxygen atoms in total. The SMILES string of the molecule is Cn1c(CC(=O)CC2CCCCCC2)nc2ccccc21. The van der Waals surface area contributed by atoms with Crippen molar-refractivity contribution < 1.29 is 4.79 Å². The van der Waals surface area contributed by atoms with Gasteiger partial charge in [-0.05, 0) is 18.1 Å². The number of rotatable bonds is 4. The summed E-state index contributed by atoms with van der Waals surface area (Å²) in [5.74, 6) is 1.85. The molecule has 0 N–H and O–H groups in total. The van der Waals surface area contributed by atoms with E-state index in [0.717, 1.165) is 23.3 Å². The standard InChI is InChI=1S/C18H24N2O/c1-20-17-11-7-6-10-16(17)19-18(20)13-15(21)12-14-8-4-2-3-5-9-14/h6-7,10-11,14H,2-5,8-9,12-13H2,1H3. The number of benzene rings is 1. The van der Waals surface area contributed by atoms with Crippen molar-refractivity contribution in [1.29, 1.82) is 0 Å². The third-order valence-corrected chi connectivity index (χ3v) is 4.73. The lowest BCUT2D eigenvalue weighted by atomic mass is 9.93. The van der Waals surface area contributed by atoms with E-state index in [0.29, 0.717) is 18.1 Å². The molecule has 1 aliphatic rings. The molecular weight excluding hydrogens is 260 g/mol. The second-order valence-corrected chi connectivity index (χ2v) is 6.35. The van der Waals surface area contributed by atoms with Crippen molar-refractivity contribution in [2.45, 2.75) is 51.4 Å². The fourth-order valence-corrected chi connectivity index (χ4v) is 3.49. The molecule has 1 aliphatic carbocycles. The second kappa shape index (κ2) is 6.42. The van der Waals surface area contributed by atoms with Crippen LogP contribution in [0.25, 0.3) is 11.0 Å². The van der Waals surface area contributed by atoms with Crippen LogP contribution >= 0.6 is 0 Å². The van der Waals surface area contributed by atoms with E-state index in [4.69, 9.17) is 0 Å². The lowest BCUT2D eigenvalue weighted by Crippen LogP contribution is -2.13. The zero-order valence-electron chi connectivity index (χ0n) is 12.8. The van der Waals surface area contributed by atoms with Gasteiger partial charge in [0.05, 0.1) is 17.5 Å². The van der Waals surface area contributed by atoms with Crippen molar-refractivity contribution in [3.63, 3.8) is 0 Å². The number of carbonyl (C=O) groups is 1. The molecule has 0 saturated heterocycles. The number of carbonyl (C=O) groups excluding carboxylic acids is 1. The molecule has 21 heavy (non-hydrogen) atoms. The number of aryl methyl sites for hydroxylation is 1. The summed E-state index contributed by atoms with van der Waals surface area (Å²) in [5, 5.41) is 0. The summed E-state index contributed by atoms with van der Waals surface area (Å²) in [4.78, 5) is 17.0. The van der Waals surface area contributed by atoms with E-state index < -0.39 is 0 Å².